The maximum atomic E-state index is 12.6. The number of carbonyl (C=O) groups is 1. The molecule has 2 N–H and O–H groups in total. The predicted octanol–water partition coefficient (Wildman–Crippen LogP) is 1.26. The van der Waals surface area contributed by atoms with Crippen LogP contribution in [-0.2, 0) is 17.4 Å². The molecule has 1 saturated heterocycles. The van der Waals surface area contributed by atoms with E-state index >= 15 is 0 Å². The minimum atomic E-state index is -4.76. The third-order valence-electron chi connectivity index (χ3n) is 3.51. The average molecular weight is 328 g/mol. The summed E-state index contributed by atoms with van der Waals surface area (Å²) in [6.07, 6.45) is -2.39. The van der Waals surface area contributed by atoms with Gasteiger partial charge in [0.25, 0.3) is 5.56 Å². The van der Waals surface area contributed by atoms with Crippen LogP contribution in [0.25, 0.3) is 11.4 Å². The van der Waals surface area contributed by atoms with Crippen molar-refractivity contribution in [3.63, 3.8) is 0 Å². The van der Waals surface area contributed by atoms with E-state index in [0.717, 1.165) is 0 Å². The first kappa shape index (κ1) is 15.3. The zero-order chi connectivity index (χ0) is 16.6. The standard InChI is InChI=1S/C13H11F3N4O3/c14-13(15,16)12-19-10(20-23-12)7-3-4-17-11(22)8(7)5-6-1-2-9(21)18-6/h3-4,6H,1-2,5H2,(H,17,22)(H,18,21)/t6-/m0/s1. The lowest BCUT2D eigenvalue weighted by molar-refractivity contribution is -0.159. The van der Waals surface area contributed by atoms with Crippen LogP contribution in [0.1, 0.15) is 24.3 Å². The Kier molecular flexibility index (Phi) is 3.66. The topological polar surface area (TPSA) is 101 Å². The molecule has 7 nitrogen and oxygen atoms in total. The fourth-order valence-corrected chi connectivity index (χ4v) is 2.45. The van der Waals surface area contributed by atoms with Gasteiger partial charge in [0.15, 0.2) is 0 Å². The van der Waals surface area contributed by atoms with Crippen molar-refractivity contribution in [3.05, 3.63) is 34.1 Å². The Hall–Kier alpha value is -2.65. The molecule has 0 aromatic carbocycles. The largest absolute Gasteiger partial charge is 0.471 e. The van der Waals surface area contributed by atoms with Crippen molar-refractivity contribution in [2.75, 3.05) is 0 Å². The van der Waals surface area contributed by atoms with E-state index in [-0.39, 0.29) is 35.3 Å². The number of pyridine rings is 1. The molecule has 0 radical (unpaired) electrons. The van der Waals surface area contributed by atoms with Crippen LogP contribution in [0.2, 0.25) is 0 Å². The number of H-pyrrole nitrogens is 1. The molecule has 2 aromatic rings. The smallest absolute Gasteiger partial charge is 0.353 e. The number of aromatic amines is 1. The fourth-order valence-electron chi connectivity index (χ4n) is 2.45. The number of carbonyl (C=O) groups excluding carboxylic acids is 1. The number of nitrogens with zero attached hydrogens (tertiary/aromatic N) is 2. The van der Waals surface area contributed by atoms with Crippen LogP contribution in [0.3, 0.4) is 0 Å². The maximum Gasteiger partial charge on any atom is 0.471 e. The predicted molar refractivity (Wildman–Crippen MR) is 70.2 cm³/mol. The minimum absolute atomic E-state index is 0.122. The van der Waals surface area contributed by atoms with Gasteiger partial charge in [0.1, 0.15) is 0 Å². The van der Waals surface area contributed by atoms with Gasteiger partial charge in [-0.25, -0.2) is 0 Å². The normalized spacial score (nSPS) is 18.2. The van der Waals surface area contributed by atoms with Gasteiger partial charge in [-0.1, -0.05) is 5.16 Å². The third-order valence-corrected chi connectivity index (χ3v) is 3.51. The fraction of sp³-hybridized carbons (Fsp3) is 0.385. The summed E-state index contributed by atoms with van der Waals surface area (Å²) in [7, 11) is 0. The monoisotopic (exact) mass is 328 g/mol. The molecule has 0 bridgehead atoms. The van der Waals surface area contributed by atoms with Gasteiger partial charge in [-0.05, 0) is 18.9 Å². The highest BCUT2D eigenvalue weighted by atomic mass is 19.4. The van der Waals surface area contributed by atoms with Gasteiger partial charge < -0.3 is 14.8 Å². The van der Waals surface area contributed by atoms with E-state index in [2.05, 4.69) is 25.0 Å². The zero-order valence-corrected chi connectivity index (χ0v) is 11.6. The Morgan fingerprint density at radius 2 is 2.13 bits per heavy atom. The molecular formula is C13H11F3N4O3. The van der Waals surface area contributed by atoms with Crippen LogP contribution >= 0.6 is 0 Å². The molecule has 0 unspecified atom stereocenters. The van der Waals surface area contributed by atoms with Gasteiger partial charge >= 0.3 is 12.1 Å². The third kappa shape index (κ3) is 3.10. The molecule has 0 aliphatic carbocycles. The van der Waals surface area contributed by atoms with E-state index in [1.165, 1.54) is 12.3 Å². The van der Waals surface area contributed by atoms with Crippen molar-refractivity contribution >= 4 is 5.91 Å². The van der Waals surface area contributed by atoms with Gasteiger partial charge in [0.05, 0.1) is 0 Å². The number of rotatable bonds is 3. The number of nitrogens with one attached hydrogen (secondary N) is 2. The van der Waals surface area contributed by atoms with Crippen molar-refractivity contribution in [3.8, 4) is 11.4 Å². The van der Waals surface area contributed by atoms with Gasteiger partial charge in [-0.3, -0.25) is 9.59 Å². The Morgan fingerprint density at radius 3 is 2.74 bits per heavy atom. The second-order valence-electron chi connectivity index (χ2n) is 5.13. The van der Waals surface area contributed by atoms with E-state index in [0.29, 0.717) is 12.8 Å². The first-order chi connectivity index (χ1) is 10.8. The van der Waals surface area contributed by atoms with Crippen LogP contribution in [0.5, 0.6) is 0 Å². The van der Waals surface area contributed by atoms with Gasteiger partial charge in [0.2, 0.25) is 11.7 Å². The van der Waals surface area contributed by atoms with Crippen LogP contribution in [0.15, 0.2) is 21.6 Å². The quantitative estimate of drug-likeness (QED) is 0.883. The van der Waals surface area contributed by atoms with Crippen LogP contribution in [-0.4, -0.2) is 27.1 Å². The molecule has 1 fully saturated rings. The molecule has 0 saturated carbocycles. The number of halogens is 3. The molecule has 3 heterocycles. The summed E-state index contributed by atoms with van der Waals surface area (Å²) in [6.45, 7) is 0. The first-order valence-corrected chi connectivity index (χ1v) is 6.76. The highest BCUT2D eigenvalue weighted by Gasteiger charge is 2.38. The molecule has 122 valence electrons. The molecule has 1 aliphatic rings. The number of amides is 1. The number of hydrogen-bond donors (Lipinski definition) is 2. The van der Waals surface area contributed by atoms with E-state index in [9.17, 15) is 22.8 Å². The van der Waals surface area contributed by atoms with Crippen LogP contribution in [0, 0.1) is 0 Å². The summed E-state index contributed by atoms with van der Waals surface area (Å²) in [5.74, 6) is -1.92. The number of aromatic nitrogens is 3. The van der Waals surface area contributed by atoms with Gasteiger partial charge in [-0.15, -0.1) is 0 Å². The molecule has 1 atom stereocenters. The van der Waals surface area contributed by atoms with E-state index < -0.39 is 17.6 Å². The van der Waals surface area contributed by atoms with E-state index in [4.69, 9.17) is 0 Å². The highest BCUT2D eigenvalue weighted by Crippen LogP contribution is 2.30. The Balaban J connectivity index is 1.96. The van der Waals surface area contributed by atoms with Crippen molar-refractivity contribution in [1.82, 2.24) is 20.4 Å². The molecule has 2 aromatic heterocycles. The molecule has 0 spiro atoms. The highest BCUT2D eigenvalue weighted by molar-refractivity contribution is 5.78. The van der Waals surface area contributed by atoms with Crippen molar-refractivity contribution in [2.45, 2.75) is 31.5 Å². The number of hydrogen-bond acceptors (Lipinski definition) is 5. The molecule has 23 heavy (non-hydrogen) atoms. The molecule has 3 rings (SSSR count). The summed E-state index contributed by atoms with van der Waals surface area (Å²) >= 11 is 0. The second-order valence-corrected chi connectivity index (χ2v) is 5.13. The summed E-state index contributed by atoms with van der Waals surface area (Å²) in [4.78, 5) is 29.0. The minimum Gasteiger partial charge on any atom is -0.353 e. The SMILES string of the molecule is O=C1CC[C@@H](Cc2c(-c3noc(C(F)(F)F)n3)cc[nH]c2=O)N1. The van der Waals surface area contributed by atoms with Crippen molar-refractivity contribution in [1.29, 1.82) is 0 Å². The summed E-state index contributed by atoms with van der Waals surface area (Å²) < 4.78 is 41.9. The Bertz CT molecular complexity index is 796. The Labute approximate surface area is 126 Å². The summed E-state index contributed by atoms with van der Waals surface area (Å²) in [5, 5.41) is 6.00. The Morgan fingerprint density at radius 1 is 1.35 bits per heavy atom. The van der Waals surface area contributed by atoms with E-state index in [1.54, 1.807) is 0 Å². The molecule has 1 amide bonds. The van der Waals surface area contributed by atoms with E-state index in [1.807, 2.05) is 0 Å². The summed E-state index contributed by atoms with van der Waals surface area (Å²) in [6, 6.07) is 1.15. The molecular weight excluding hydrogens is 317 g/mol. The van der Waals surface area contributed by atoms with Crippen molar-refractivity contribution < 1.29 is 22.5 Å². The lowest BCUT2D eigenvalue weighted by Crippen LogP contribution is -2.30. The zero-order valence-electron chi connectivity index (χ0n) is 11.6. The maximum absolute atomic E-state index is 12.6. The summed E-state index contributed by atoms with van der Waals surface area (Å²) in [5.41, 5.74) is -0.120. The van der Waals surface area contributed by atoms with Crippen LogP contribution < -0.4 is 10.9 Å². The lowest BCUT2D eigenvalue weighted by Gasteiger charge is -2.11. The first-order valence-electron chi connectivity index (χ1n) is 6.76. The number of alkyl halides is 3. The van der Waals surface area contributed by atoms with Crippen molar-refractivity contribution in [2.24, 2.45) is 0 Å². The average Bonchev–Trinajstić information content (AvgIpc) is 3.10. The van der Waals surface area contributed by atoms with Gasteiger partial charge in [0, 0.05) is 29.8 Å². The molecule has 10 heteroatoms. The lowest BCUT2D eigenvalue weighted by atomic mass is 10.0. The van der Waals surface area contributed by atoms with Crippen LogP contribution in [0.4, 0.5) is 13.2 Å². The van der Waals surface area contributed by atoms with Gasteiger partial charge in [-0.2, -0.15) is 18.2 Å². The molecule has 1 aliphatic heterocycles. The second kappa shape index (κ2) is 5.52.